The van der Waals surface area contributed by atoms with Crippen LogP contribution in [0.25, 0.3) is 23.3 Å². The van der Waals surface area contributed by atoms with Gasteiger partial charge in [-0.2, -0.15) is 22.0 Å². The SMILES string of the molecule is C[PH2+]C(F)(F)C(F)CCCCCCC(F)(F)F.FC1=C(F)C([B-](C2C(F)=C(F)c3c2cc(F)c(F)c3F)(C2C(F)=C(F)c3c2cc(F)c(F)c3F)C2C(F)=C(F)c3c2cc(F)c(F)c3F)c2cc(F)c(F)c(F)c21. The first-order chi connectivity index (χ1) is 34.3. The van der Waals surface area contributed by atoms with Crippen molar-refractivity contribution in [2.75, 3.05) is 6.66 Å². The highest BCUT2D eigenvalue weighted by atomic mass is 31.1. The monoisotopic (exact) mass is 1110 g/mol. The van der Waals surface area contributed by atoms with Crippen molar-refractivity contribution in [3.8, 4) is 0 Å². The van der Waals surface area contributed by atoms with Gasteiger partial charge in [-0.15, -0.1) is 0 Å². The molecule has 0 aromatic heterocycles. The molecule has 6 atom stereocenters. The molecule has 6 unspecified atom stereocenters. The average Bonchev–Trinajstić information content (AvgIpc) is 3.93. The molecule has 0 amide bonds. The first-order valence-electron chi connectivity index (χ1n) is 21.3. The van der Waals surface area contributed by atoms with Gasteiger partial charge in [-0.25, -0.2) is 92.2 Å². The predicted octanol–water partition coefficient (Wildman–Crippen LogP) is 17.7. The van der Waals surface area contributed by atoms with Crippen LogP contribution >= 0.6 is 8.58 Å². The van der Waals surface area contributed by atoms with Crippen LogP contribution in [0.4, 0.5) is 114 Å². The highest BCUT2D eigenvalue weighted by Crippen LogP contribution is 2.71. The molecule has 28 heteroatoms. The van der Waals surface area contributed by atoms with Crippen LogP contribution in [-0.2, 0) is 0 Å². The van der Waals surface area contributed by atoms with Gasteiger partial charge in [-0.3, -0.25) is 0 Å². The predicted molar refractivity (Wildman–Crippen MR) is 218 cm³/mol. The van der Waals surface area contributed by atoms with Crippen molar-refractivity contribution in [3.63, 3.8) is 0 Å². The lowest BCUT2D eigenvalue weighted by Gasteiger charge is -2.57. The van der Waals surface area contributed by atoms with Gasteiger partial charge >= 0.3 is 11.8 Å². The number of allylic oxidation sites excluding steroid dienone is 4. The maximum atomic E-state index is 16.9. The Kier molecular flexibility index (Phi) is 15.1. The van der Waals surface area contributed by atoms with Gasteiger partial charge in [0.25, 0.3) is 0 Å². The van der Waals surface area contributed by atoms with Crippen LogP contribution in [0.1, 0.15) is 106 Å². The second-order valence-electron chi connectivity index (χ2n) is 17.5. The molecule has 74 heavy (non-hydrogen) atoms. The van der Waals surface area contributed by atoms with E-state index < -0.39 is 223 Å². The molecule has 0 saturated carbocycles. The van der Waals surface area contributed by atoms with Crippen LogP contribution in [0.3, 0.4) is 0 Å². The van der Waals surface area contributed by atoms with Crippen molar-refractivity contribution >= 4 is 38.0 Å². The minimum atomic E-state index is -5.79. The quantitative estimate of drug-likeness (QED) is 0.0436. The van der Waals surface area contributed by atoms with Gasteiger partial charge in [0, 0.05) is 6.42 Å². The zero-order valence-corrected chi connectivity index (χ0v) is 37.6. The third-order valence-corrected chi connectivity index (χ3v) is 14.8. The van der Waals surface area contributed by atoms with Gasteiger partial charge in [-0.1, -0.05) is 64.8 Å². The second kappa shape index (κ2) is 19.9. The third kappa shape index (κ3) is 8.67. The number of halogens is 26. The second-order valence-corrected chi connectivity index (χ2v) is 18.9. The molecule has 4 aromatic carbocycles. The molecular formula is C46H26BF26P. The van der Waals surface area contributed by atoms with Crippen LogP contribution in [0, 0.1) is 69.8 Å². The Bertz CT molecular complexity index is 2760. The number of rotatable bonds is 12. The molecule has 0 bridgehead atoms. The Balaban J connectivity index is 0.000000405. The number of alkyl halides is 6. The first kappa shape index (κ1) is 56.2. The van der Waals surface area contributed by atoms with E-state index in [9.17, 15) is 43.9 Å². The van der Waals surface area contributed by atoms with Crippen LogP contribution in [0.15, 0.2) is 47.6 Å². The Morgan fingerprint density at radius 2 is 0.662 bits per heavy atom. The van der Waals surface area contributed by atoms with E-state index in [0.29, 0.717) is 12.8 Å². The van der Waals surface area contributed by atoms with Gasteiger partial charge in [0.1, 0.15) is 23.3 Å². The van der Waals surface area contributed by atoms with Crippen molar-refractivity contribution in [3.05, 3.63) is 162 Å². The number of benzene rings is 4. The van der Waals surface area contributed by atoms with Crippen molar-refractivity contribution in [2.45, 2.75) is 79.8 Å². The van der Waals surface area contributed by atoms with Gasteiger partial charge < -0.3 is 0 Å². The van der Waals surface area contributed by atoms with Crippen LogP contribution in [0.5, 0.6) is 0 Å². The molecule has 0 heterocycles. The fraction of sp³-hybridized carbons (Fsp3) is 0.304. The normalized spacial score (nSPS) is 20.7. The standard InChI is InChI=1S/C36H8BF20.C10H17F6P/c38-9-1-5-13(25(46)21(9)42)29(50)33(54)17(5)37(18-6-2-10(39)22(43)26(47)14(6)30(51)34(18)55,19-7-3-11(40)23(44)27(48)15(7)31(52)35(19)56)20-8-4-12(41)24(45)28(49)16(8)32(53)36(20)57;1-17-10(15,16)8(11)6-4-2-3-5-7-9(12,13)14/h1-4,17-20H;8,17H,2-7H2,1H3/q-1;/p+1. The molecule has 0 nitrogen and oxygen atoms in total. The molecule has 0 N–H and O–H groups in total. The Labute approximate surface area is 400 Å². The summed E-state index contributed by atoms with van der Waals surface area (Å²) in [7, 11) is -1.26. The molecule has 4 aliphatic carbocycles. The molecular weight excluding hydrogens is 1090 g/mol. The number of fused-ring (bicyclic) bond motifs is 4. The van der Waals surface area contributed by atoms with E-state index in [-0.39, 0.29) is 43.5 Å². The lowest BCUT2D eigenvalue weighted by Crippen LogP contribution is -2.58. The minimum absolute atomic E-state index is 0.0180. The summed E-state index contributed by atoms with van der Waals surface area (Å²) in [5, 5.41) is 0. The van der Waals surface area contributed by atoms with Crippen molar-refractivity contribution < 1.29 is 114 Å². The summed E-state index contributed by atoms with van der Waals surface area (Å²) in [6.45, 7) is 1.29. The minimum Gasteiger partial charge on any atom is -0.236 e. The first-order valence-corrected chi connectivity index (χ1v) is 23.0. The Hall–Kier alpha value is -5.49. The van der Waals surface area contributed by atoms with Crippen molar-refractivity contribution in [1.29, 1.82) is 0 Å². The largest absolute Gasteiger partial charge is 0.389 e. The zero-order valence-electron chi connectivity index (χ0n) is 36.4. The number of hydrogen-bond donors (Lipinski definition) is 0. The molecule has 0 saturated heterocycles. The van der Waals surface area contributed by atoms with E-state index in [0.717, 1.165) is 0 Å². The van der Waals surface area contributed by atoms with Gasteiger partial charge in [0.2, 0.25) is 0 Å². The van der Waals surface area contributed by atoms with Crippen LogP contribution in [0.2, 0.25) is 0 Å². The molecule has 0 radical (unpaired) electrons. The number of hydrogen-bond acceptors (Lipinski definition) is 0. The summed E-state index contributed by atoms with van der Waals surface area (Å²) < 4.78 is 385. The summed E-state index contributed by atoms with van der Waals surface area (Å²) in [5.74, 6) is -67.8. The van der Waals surface area contributed by atoms with Crippen molar-refractivity contribution in [1.82, 2.24) is 0 Å². The lowest BCUT2D eigenvalue weighted by molar-refractivity contribution is -0.135. The number of unbranched alkanes of at least 4 members (excludes halogenated alkanes) is 3. The van der Waals surface area contributed by atoms with E-state index in [4.69, 9.17) is 0 Å². The van der Waals surface area contributed by atoms with Gasteiger partial charge in [-0.05, 0) is 37.1 Å². The summed E-state index contributed by atoms with van der Waals surface area (Å²) in [6.07, 6.45) is -12.4. The Morgan fingerprint density at radius 1 is 0.405 bits per heavy atom. The fourth-order valence-corrected chi connectivity index (χ4v) is 11.2. The van der Waals surface area contributed by atoms with Gasteiger partial charge in [0.05, 0.1) is 43.6 Å². The summed E-state index contributed by atoms with van der Waals surface area (Å²) in [5.41, 5.74) is -18.7. The molecule has 0 aliphatic heterocycles. The fourth-order valence-electron chi connectivity index (χ4n) is 10.7. The van der Waals surface area contributed by atoms with E-state index in [1.807, 2.05) is 0 Å². The topological polar surface area (TPSA) is 0 Å². The molecule has 4 aromatic rings. The van der Waals surface area contributed by atoms with Gasteiger partial charge in [0.15, 0.2) is 99.3 Å². The summed E-state index contributed by atoms with van der Waals surface area (Å²) in [4.78, 5) is 0. The van der Waals surface area contributed by atoms with E-state index in [2.05, 4.69) is 0 Å². The van der Waals surface area contributed by atoms with E-state index >= 15 is 70.2 Å². The zero-order chi connectivity index (χ0) is 55.3. The van der Waals surface area contributed by atoms with Crippen LogP contribution in [-0.4, -0.2) is 30.8 Å². The average molecular weight is 1110 g/mol. The van der Waals surface area contributed by atoms with Crippen LogP contribution < -0.4 is 0 Å². The third-order valence-electron chi connectivity index (χ3n) is 13.7. The Morgan fingerprint density at radius 3 is 0.905 bits per heavy atom. The highest BCUT2D eigenvalue weighted by molar-refractivity contribution is 7.38. The molecule has 4 aliphatic rings. The van der Waals surface area contributed by atoms with E-state index in [1.54, 1.807) is 0 Å². The van der Waals surface area contributed by atoms with Crippen molar-refractivity contribution in [2.24, 2.45) is 0 Å². The lowest BCUT2D eigenvalue weighted by atomic mass is 9.02. The maximum Gasteiger partial charge on any atom is 0.389 e. The summed E-state index contributed by atoms with van der Waals surface area (Å²) >= 11 is 0. The smallest absolute Gasteiger partial charge is 0.236 e. The summed E-state index contributed by atoms with van der Waals surface area (Å²) in [6, 6.07) is -1.50. The highest BCUT2D eigenvalue weighted by Gasteiger charge is 2.65. The van der Waals surface area contributed by atoms with E-state index in [1.165, 1.54) is 6.66 Å². The molecule has 0 fully saturated rings. The molecule has 8 rings (SSSR count). The molecule has 400 valence electrons. The molecule has 0 spiro atoms. The maximum absolute atomic E-state index is 16.9.